The van der Waals surface area contributed by atoms with Crippen molar-refractivity contribution in [1.29, 1.82) is 0 Å². The molecule has 1 aliphatic rings. The Morgan fingerprint density at radius 1 is 1.62 bits per heavy atom. The lowest BCUT2D eigenvalue weighted by molar-refractivity contribution is 0.555. The van der Waals surface area contributed by atoms with Crippen LogP contribution in [0.2, 0.25) is 0 Å². The molecule has 0 unspecified atom stereocenters. The van der Waals surface area contributed by atoms with Gasteiger partial charge in [-0.15, -0.1) is 0 Å². The van der Waals surface area contributed by atoms with Gasteiger partial charge in [-0.05, 0) is 18.8 Å². The first-order valence-corrected chi connectivity index (χ1v) is 3.58. The summed E-state index contributed by atoms with van der Waals surface area (Å²) in [5.74, 6) is 1.00. The SMILES string of the molecule is CC[C@H](N)CC1CC1. The Hall–Kier alpha value is -0.0400. The summed E-state index contributed by atoms with van der Waals surface area (Å²) >= 11 is 0. The van der Waals surface area contributed by atoms with Crippen LogP contribution in [0.25, 0.3) is 0 Å². The number of rotatable bonds is 3. The minimum Gasteiger partial charge on any atom is -0.328 e. The molecule has 0 aliphatic heterocycles. The Labute approximate surface area is 51.3 Å². The van der Waals surface area contributed by atoms with Gasteiger partial charge in [-0.2, -0.15) is 0 Å². The summed E-state index contributed by atoms with van der Waals surface area (Å²) in [5.41, 5.74) is 5.71. The molecule has 2 N–H and O–H groups in total. The van der Waals surface area contributed by atoms with Crippen LogP contribution in [0, 0.1) is 5.92 Å². The maximum Gasteiger partial charge on any atom is 0.00388 e. The smallest absolute Gasteiger partial charge is 0.00388 e. The molecule has 0 aromatic carbocycles. The summed E-state index contributed by atoms with van der Waals surface area (Å²) in [4.78, 5) is 0. The monoisotopic (exact) mass is 113 g/mol. The van der Waals surface area contributed by atoms with Crippen molar-refractivity contribution >= 4 is 0 Å². The molecule has 0 bridgehead atoms. The Kier molecular flexibility index (Phi) is 1.90. The highest BCUT2D eigenvalue weighted by molar-refractivity contribution is 4.77. The van der Waals surface area contributed by atoms with Crippen molar-refractivity contribution in [3.63, 3.8) is 0 Å². The summed E-state index contributed by atoms with van der Waals surface area (Å²) in [6, 6.07) is 0.488. The Morgan fingerprint density at radius 2 is 2.25 bits per heavy atom. The molecule has 1 heteroatoms. The largest absolute Gasteiger partial charge is 0.328 e. The summed E-state index contributed by atoms with van der Waals surface area (Å²) in [5, 5.41) is 0. The average Bonchev–Trinajstić information content (AvgIpc) is 2.50. The molecule has 1 aliphatic carbocycles. The Bertz CT molecular complexity index is 66.8. The third kappa shape index (κ3) is 1.83. The van der Waals surface area contributed by atoms with Crippen LogP contribution in [-0.2, 0) is 0 Å². The maximum absolute atomic E-state index is 5.71. The highest BCUT2D eigenvalue weighted by Crippen LogP contribution is 2.33. The van der Waals surface area contributed by atoms with Crippen molar-refractivity contribution < 1.29 is 0 Å². The number of hydrogen-bond acceptors (Lipinski definition) is 1. The Morgan fingerprint density at radius 3 is 2.62 bits per heavy atom. The van der Waals surface area contributed by atoms with Gasteiger partial charge in [0, 0.05) is 6.04 Å². The van der Waals surface area contributed by atoms with Crippen LogP contribution in [0.5, 0.6) is 0 Å². The van der Waals surface area contributed by atoms with E-state index in [1.165, 1.54) is 19.3 Å². The summed E-state index contributed by atoms with van der Waals surface area (Å²) in [6.45, 7) is 2.16. The second kappa shape index (κ2) is 2.49. The summed E-state index contributed by atoms with van der Waals surface area (Å²) in [7, 11) is 0. The maximum atomic E-state index is 5.71. The van der Waals surface area contributed by atoms with Crippen LogP contribution >= 0.6 is 0 Å². The Balaban J connectivity index is 1.98. The van der Waals surface area contributed by atoms with Gasteiger partial charge in [0.05, 0.1) is 0 Å². The molecule has 1 rings (SSSR count). The van der Waals surface area contributed by atoms with Gasteiger partial charge in [0.15, 0.2) is 0 Å². The normalized spacial score (nSPS) is 23.2. The van der Waals surface area contributed by atoms with Crippen molar-refractivity contribution in [2.24, 2.45) is 11.7 Å². The zero-order valence-corrected chi connectivity index (χ0v) is 5.56. The molecular weight excluding hydrogens is 98.1 g/mol. The topological polar surface area (TPSA) is 26.0 Å². The minimum absolute atomic E-state index is 0.488. The lowest BCUT2D eigenvalue weighted by Crippen LogP contribution is -2.18. The van der Waals surface area contributed by atoms with Crippen LogP contribution < -0.4 is 5.73 Å². The van der Waals surface area contributed by atoms with Crippen molar-refractivity contribution in [2.45, 2.75) is 38.6 Å². The fourth-order valence-corrected chi connectivity index (χ4v) is 0.948. The van der Waals surface area contributed by atoms with E-state index < -0.39 is 0 Å². The quantitative estimate of drug-likeness (QED) is 0.590. The molecule has 1 saturated carbocycles. The van der Waals surface area contributed by atoms with Gasteiger partial charge in [-0.1, -0.05) is 19.8 Å². The molecule has 8 heavy (non-hydrogen) atoms. The first-order valence-electron chi connectivity index (χ1n) is 3.58. The highest BCUT2D eigenvalue weighted by atomic mass is 14.6. The van der Waals surface area contributed by atoms with Gasteiger partial charge in [0.1, 0.15) is 0 Å². The van der Waals surface area contributed by atoms with E-state index in [4.69, 9.17) is 5.73 Å². The molecular formula is C7H15N. The fourth-order valence-electron chi connectivity index (χ4n) is 0.948. The second-order valence-electron chi connectivity index (χ2n) is 2.85. The number of hydrogen-bond donors (Lipinski definition) is 1. The van der Waals surface area contributed by atoms with Crippen molar-refractivity contribution in [3.05, 3.63) is 0 Å². The second-order valence-corrected chi connectivity index (χ2v) is 2.85. The van der Waals surface area contributed by atoms with E-state index in [0.717, 1.165) is 12.3 Å². The van der Waals surface area contributed by atoms with E-state index >= 15 is 0 Å². The van der Waals surface area contributed by atoms with Crippen molar-refractivity contribution in [3.8, 4) is 0 Å². The van der Waals surface area contributed by atoms with Gasteiger partial charge >= 0.3 is 0 Å². The lowest BCUT2D eigenvalue weighted by Gasteiger charge is -2.04. The van der Waals surface area contributed by atoms with Gasteiger partial charge < -0.3 is 5.73 Å². The summed E-state index contributed by atoms with van der Waals surface area (Å²) in [6.07, 6.45) is 5.30. The molecule has 0 radical (unpaired) electrons. The third-order valence-electron chi connectivity index (χ3n) is 1.86. The predicted octanol–water partition coefficient (Wildman–Crippen LogP) is 1.52. The molecule has 0 amide bonds. The molecule has 1 atom stereocenters. The van der Waals surface area contributed by atoms with Gasteiger partial charge in [-0.3, -0.25) is 0 Å². The van der Waals surface area contributed by atoms with E-state index in [1.54, 1.807) is 0 Å². The molecule has 0 spiro atoms. The zero-order chi connectivity index (χ0) is 5.98. The summed E-state index contributed by atoms with van der Waals surface area (Å²) < 4.78 is 0. The fraction of sp³-hybridized carbons (Fsp3) is 1.00. The molecule has 1 fully saturated rings. The van der Waals surface area contributed by atoms with Crippen molar-refractivity contribution in [1.82, 2.24) is 0 Å². The van der Waals surface area contributed by atoms with E-state index in [9.17, 15) is 0 Å². The van der Waals surface area contributed by atoms with Crippen LogP contribution in [0.4, 0.5) is 0 Å². The van der Waals surface area contributed by atoms with Gasteiger partial charge in [-0.25, -0.2) is 0 Å². The van der Waals surface area contributed by atoms with Crippen LogP contribution in [-0.4, -0.2) is 6.04 Å². The molecule has 0 aromatic rings. The van der Waals surface area contributed by atoms with Crippen LogP contribution in [0.3, 0.4) is 0 Å². The van der Waals surface area contributed by atoms with E-state index in [0.29, 0.717) is 6.04 Å². The van der Waals surface area contributed by atoms with Crippen LogP contribution in [0.15, 0.2) is 0 Å². The van der Waals surface area contributed by atoms with E-state index in [-0.39, 0.29) is 0 Å². The van der Waals surface area contributed by atoms with Gasteiger partial charge in [0.2, 0.25) is 0 Å². The van der Waals surface area contributed by atoms with Gasteiger partial charge in [0.25, 0.3) is 0 Å². The molecule has 1 nitrogen and oxygen atoms in total. The molecule has 0 aromatic heterocycles. The third-order valence-corrected chi connectivity index (χ3v) is 1.86. The van der Waals surface area contributed by atoms with Crippen LogP contribution in [0.1, 0.15) is 32.6 Å². The highest BCUT2D eigenvalue weighted by Gasteiger charge is 2.22. The van der Waals surface area contributed by atoms with Crippen molar-refractivity contribution in [2.75, 3.05) is 0 Å². The first-order chi connectivity index (χ1) is 3.83. The zero-order valence-electron chi connectivity index (χ0n) is 5.56. The lowest BCUT2D eigenvalue weighted by atomic mass is 10.1. The molecule has 0 saturated heterocycles. The molecule has 0 heterocycles. The average molecular weight is 113 g/mol. The standard InChI is InChI=1S/C7H15N/c1-2-7(8)5-6-3-4-6/h6-7H,2-5,8H2,1H3/t7-/m0/s1. The number of nitrogens with two attached hydrogens (primary N) is 1. The van der Waals surface area contributed by atoms with E-state index in [2.05, 4.69) is 6.92 Å². The van der Waals surface area contributed by atoms with E-state index in [1.807, 2.05) is 0 Å². The first kappa shape index (κ1) is 6.09. The predicted molar refractivity (Wildman–Crippen MR) is 35.6 cm³/mol. The molecule has 48 valence electrons. The minimum atomic E-state index is 0.488.